The fourth-order valence-corrected chi connectivity index (χ4v) is 6.47. The molecule has 4 rings (SSSR count). The first-order valence-electron chi connectivity index (χ1n) is 15.9. The number of halogens is 3. The fourth-order valence-electron chi connectivity index (χ4n) is 5.93. The zero-order valence-electron chi connectivity index (χ0n) is 27.0. The van der Waals surface area contributed by atoms with E-state index in [1.54, 1.807) is 37.3 Å². The van der Waals surface area contributed by atoms with Gasteiger partial charge in [-0.2, -0.15) is 0 Å². The third-order valence-electron chi connectivity index (χ3n) is 9.08. The molecule has 0 spiro atoms. The minimum absolute atomic E-state index is 0.0322. The molecule has 3 aromatic rings. The van der Waals surface area contributed by atoms with E-state index in [1.165, 1.54) is 6.07 Å². The van der Waals surface area contributed by atoms with E-state index in [4.69, 9.17) is 33.7 Å². The van der Waals surface area contributed by atoms with Gasteiger partial charge in [0.05, 0.1) is 10.5 Å². The second-order valence-electron chi connectivity index (χ2n) is 12.4. The zero-order chi connectivity index (χ0) is 34.5. The number of aromatic nitrogens is 1. The van der Waals surface area contributed by atoms with Gasteiger partial charge in [0.2, 0.25) is 17.7 Å². The van der Waals surface area contributed by atoms with Gasteiger partial charge < -0.3 is 31.4 Å². The average molecular weight is 691 g/mol. The highest BCUT2D eigenvalue weighted by atomic mass is 35.5. The number of amides is 4. The number of H-pyrrole nitrogens is 1. The molecule has 0 saturated carbocycles. The molecule has 2 aromatic carbocycles. The van der Waals surface area contributed by atoms with E-state index < -0.39 is 47.4 Å². The monoisotopic (exact) mass is 689 g/mol. The molecule has 4 amide bonds. The maximum absolute atomic E-state index is 14.1. The lowest BCUT2D eigenvalue weighted by Gasteiger charge is -2.39. The van der Waals surface area contributed by atoms with Gasteiger partial charge in [0.25, 0.3) is 0 Å². The molecule has 13 heteroatoms. The highest BCUT2D eigenvalue weighted by Gasteiger charge is 2.44. The van der Waals surface area contributed by atoms with Crippen molar-refractivity contribution in [1.29, 1.82) is 0 Å². The first kappa shape index (κ1) is 36.0. The number of nitrogens with two attached hydrogens (primary N) is 1. The van der Waals surface area contributed by atoms with Gasteiger partial charge in [0.15, 0.2) is 5.72 Å². The Balaban J connectivity index is 1.62. The molecule has 1 aromatic heterocycles. The standard InChI is InChI=1S/C34H42Cl2FN5O5/c1-5-18(3)28(31(38)44)41-33(46)47-34(14-13-26-23(17-34)22-15-21(35)16-24(36)30(22)39-26)42-32(45)29(19(4)6-2)40-27(43)12-11-20-9-7-8-10-25(20)37/h7-10,15-16,18-19,28-29,39H,5-6,11-14,17H2,1-4H3,(H2,38,44)(H,40,43)(H,41,46)(H,42,45)/t18-,19?,28?,29-,34+/m0/s1. The molecule has 0 fully saturated rings. The second-order valence-corrected chi connectivity index (χ2v) is 13.2. The Morgan fingerprint density at radius 2 is 1.72 bits per heavy atom. The lowest BCUT2D eigenvalue weighted by molar-refractivity contribution is -0.137. The van der Waals surface area contributed by atoms with Crippen molar-refractivity contribution in [2.75, 3.05) is 0 Å². The summed E-state index contributed by atoms with van der Waals surface area (Å²) in [6.45, 7) is 7.37. The number of aryl methyl sites for hydroxylation is 2. The molecule has 254 valence electrons. The van der Waals surface area contributed by atoms with Gasteiger partial charge in [-0.15, -0.1) is 0 Å². The van der Waals surface area contributed by atoms with Crippen LogP contribution in [0, 0.1) is 17.7 Å². The summed E-state index contributed by atoms with van der Waals surface area (Å²) in [7, 11) is 0. The minimum atomic E-state index is -1.57. The lowest BCUT2D eigenvalue weighted by atomic mass is 9.87. The summed E-state index contributed by atoms with van der Waals surface area (Å²) in [6, 6.07) is 7.61. The predicted octanol–water partition coefficient (Wildman–Crippen LogP) is 5.70. The Hall–Kier alpha value is -3.83. The number of carbonyl (C=O) groups excluding carboxylic acids is 4. The lowest BCUT2D eigenvalue weighted by Crippen LogP contribution is -2.62. The van der Waals surface area contributed by atoms with E-state index >= 15 is 0 Å². The Labute approximate surface area is 283 Å². The van der Waals surface area contributed by atoms with Crippen LogP contribution < -0.4 is 21.7 Å². The minimum Gasteiger partial charge on any atom is -0.423 e. The zero-order valence-corrected chi connectivity index (χ0v) is 28.5. The summed E-state index contributed by atoms with van der Waals surface area (Å²) in [6.07, 6.45) is 0.930. The molecule has 2 unspecified atom stereocenters. The van der Waals surface area contributed by atoms with Crippen LogP contribution in [0.4, 0.5) is 9.18 Å². The number of hydrogen-bond acceptors (Lipinski definition) is 5. The van der Waals surface area contributed by atoms with E-state index in [-0.39, 0.29) is 37.5 Å². The van der Waals surface area contributed by atoms with E-state index in [0.717, 1.165) is 16.6 Å². The van der Waals surface area contributed by atoms with Crippen LogP contribution in [0.3, 0.4) is 0 Å². The number of benzene rings is 2. The third-order valence-corrected chi connectivity index (χ3v) is 9.60. The van der Waals surface area contributed by atoms with Gasteiger partial charge in [-0.25, -0.2) is 9.18 Å². The largest absolute Gasteiger partial charge is 0.423 e. The number of fused-ring (bicyclic) bond motifs is 3. The van der Waals surface area contributed by atoms with Gasteiger partial charge in [-0.05, 0) is 54.0 Å². The summed E-state index contributed by atoms with van der Waals surface area (Å²) in [4.78, 5) is 56.0. The number of nitrogens with one attached hydrogen (secondary N) is 4. The number of alkyl carbamates (subject to hydrolysis) is 1. The Bertz CT molecular complexity index is 1650. The Morgan fingerprint density at radius 3 is 2.38 bits per heavy atom. The van der Waals surface area contributed by atoms with Crippen molar-refractivity contribution >= 4 is 57.9 Å². The molecular weight excluding hydrogens is 648 g/mol. The summed E-state index contributed by atoms with van der Waals surface area (Å²) >= 11 is 12.8. The highest BCUT2D eigenvalue weighted by Crippen LogP contribution is 2.38. The number of hydrogen-bond donors (Lipinski definition) is 5. The fraction of sp³-hybridized carbons (Fsp3) is 0.471. The van der Waals surface area contributed by atoms with Gasteiger partial charge in [-0.3, -0.25) is 14.4 Å². The molecule has 0 bridgehead atoms. The maximum atomic E-state index is 14.1. The maximum Gasteiger partial charge on any atom is 0.409 e. The van der Waals surface area contributed by atoms with Crippen molar-refractivity contribution in [1.82, 2.24) is 20.9 Å². The summed E-state index contributed by atoms with van der Waals surface area (Å²) in [5, 5.41) is 9.89. The smallest absolute Gasteiger partial charge is 0.409 e. The normalized spacial score (nSPS) is 18.4. The van der Waals surface area contributed by atoms with Crippen molar-refractivity contribution in [2.24, 2.45) is 17.6 Å². The second kappa shape index (κ2) is 15.4. The molecular formula is C34H42Cl2FN5O5. The molecule has 1 aliphatic rings. The molecule has 0 radical (unpaired) electrons. The SMILES string of the molecule is CCC(C)[C@H](NC(=O)CCc1ccccc1F)C(=O)N[C@@]1(OC(=O)NC(C(N)=O)[C@@H](C)CC)CCc2[nH]c3c(Cl)cc(Cl)cc3c2C1. The Morgan fingerprint density at radius 1 is 1.04 bits per heavy atom. The topological polar surface area (TPSA) is 155 Å². The molecule has 5 atom stereocenters. The van der Waals surface area contributed by atoms with Crippen molar-refractivity contribution in [3.05, 3.63) is 69.1 Å². The number of ether oxygens (including phenoxy) is 1. The van der Waals surface area contributed by atoms with Gasteiger partial charge >= 0.3 is 6.09 Å². The summed E-state index contributed by atoms with van der Waals surface area (Å²) in [5.74, 6) is -2.66. The molecule has 10 nitrogen and oxygen atoms in total. The molecule has 0 saturated heterocycles. The van der Waals surface area contributed by atoms with Crippen molar-refractivity contribution in [3.63, 3.8) is 0 Å². The predicted molar refractivity (Wildman–Crippen MR) is 179 cm³/mol. The van der Waals surface area contributed by atoms with Gasteiger partial charge in [0, 0.05) is 35.4 Å². The van der Waals surface area contributed by atoms with Crippen LogP contribution in [0.2, 0.25) is 10.0 Å². The van der Waals surface area contributed by atoms with Gasteiger partial charge in [-0.1, -0.05) is 81.9 Å². The van der Waals surface area contributed by atoms with Crippen LogP contribution in [0.1, 0.15) is 70.2 Å². The number of aromatic amines is 1. The van der Waals surface area contributed by atoms with Crippen molar-refractivity contribution in [2.45, 2.75) is 90.4 Å². The number of primary amides is 1. The first-order chi connectivity index (χ1) is 22.3. The van der Waals surface area contributed by atoms with Crippen LogP contribution in [0.25, 0.3) is 10.9 Å². The van der Waals surface area contributed by atoms with Crippen LogP contribution in [-0.2, 0) is 38.4 Å². The molecule has 47 heavy (non-hydrogen) atoms. The van der Waals surface area contributed by atoms with E-state index in [9.17, 15) is 23.6 Å². The highest BCUT2D eigenvalue weighted by molar-refractivity contribution is 6.38. The van der Waals surface area contributed by atoms with Crippen LogP contribution in [0.5, 0.6) is 0 Å². The summed E-state index contributed by atoms with van der Waals surface area (Å²) in [5.41, 5.74) is 6.69. The van der Waals surface area contributed by atoms with Crippen LogP contribution >= 0.6 is 23.2 Å². The average Bonchev–Trinajstić information content (AvgIpc) is 3.38. The quantitative estimate of drug-likeness (QED) is 0.146. The number of carbonyl (C=O) groups is 4. The molecule has 0 aliphatic heterocycles. The third kappa shape index (κ3) is 8.56. The Kier molecular flexibility index (Phi) is 11.8. The molecule has 1 heterocycles. The molecule has 6 N–H and O–H groups in total. The van der Waals surface area contributed by atoms with E-state index in [2.05, 4.69) is 20.9 Å². The first-order valence-corrected chi connectivity index (χ1v) is 16.6. The number of rotatable bonds is 13. The van der Waals surface area contributed by atoms with Crippen molar-refractivity contribution in [3.8, 4) is 0 Å². The van der Waals surface area contributed by atoms with Gasteiger partial charge in [0.1, 0.15) is 17.9 Å². The summed E-state index contributed by atoms with van der Waals surface area (Å²) < 4.78 is 20.2. The van der Waals surface area contributed by atoms with Crippen LogP contribution in [-0.4, -0.2) is 46.6 Å². The van der Waals surface area contributed by atoms with Crippen LogP contribution in [0.15, 0.2) is 36.4 Å². The van der Waals surface area contributed by atoms with Crippen molar-refractivity contribution < 1.29 is 28.3 Å². The van der Waals surface area contributed by atoms with E-state index in [0.29, 0.717) is 40.4 Å². The van der Waals surface area contributed by atoms with E-state index in [1.807, 2.05) is 20.8 Å². The molecule has 1 aliphatic carbocycles.